The molecule has 1 atom stereocenters. The standard InChI is InChI=1S/C17H29N3O/c1-13(2)9-15(11-18)10-17(21)19-12-14-5-7-16(8-6-14)20(3)4/h5-8,13,15H,9-12,18H2,1-4H3,(H,19,21). The summed E-state index contributed by atoms with van der Waals surface area (Å²) in [5, 5.41) is 2.98. The zero-order valence-corrected chi connectivity index (χ0v) is 13.7. The molecule has 21 heavy (non-hydrogen) atoms. The SMILES string of the molecule is CC(C)CC(CN)CC(=O)NCc1ccc(N(C)C)cc1. The Morgan fingerprint density at radius 2 is 1.86 bits per heavy atom. The Bertz CT molecular complexity index is 426. The van der Waals surface area contributed by atoms with Gasteiger partial charge in [0.15, 0.2) is 0 Å². The van der Waals surface area contributed by atoms with Gasteiger partial charge in [0.2, 0.25) is 5.91 Å². The largest absolute Gasteiger partial charge is 0.378 e. The smallest absolute Gasteiger partial charge is 0.220 e. The normalized spacial score (nSPS) is 12.3. The highest BCUT2D eigenvalue weighted by Crippen LogP contribution is 2.15. The third-order valence-electron chi connectivity index (χ3n) is 3.55. The molecule has 0 aliphatic carbocycles. The molecular formula is C17H29N3O. The average Bonchev–Trinajstić information content (AvgIpc) is 2.44. The van der Waals surface area contributed by atoms with Crippen molar-refractivity contribution in [2.24, 2.45) is 17.6 Å². The first-order valence-electron chi connectivity index (χ1n) is 7.65. The highest BCUT2D eigenvalue weighted by molar-refractivity contribution is 5.76. The van der Waals surface area contributed by atoms with Crippen molar-refractivity contribution < 1.29 is 4.79 Å². The van der Waals surface area contributed by atoms with Crippen LogP contribution in [0.4, 0.5) is 5.69 Å². The van der Waals surface area contributed by atoms with Crippen LogP contribution in [0.5, 0.6) is 0 Å². The van der Waals surface area contributed by atoms with Crippen LogP contribution in [0.25, 0.3) is 0 Å². The second-order valence-corrected chi connectivity index (χ2v) is 6.27. The van der Waals surface area contributed by atoms with Crippen LogP contribution in [0.1, 0.15) is 32.3 Å². The summed E-state index contributed by atoms with van der Waals surface area (Å²) >= 11 is 0. The Hall–Kier alpha value is -1.55. The molecular weight excluding hydrogens is 262 g/mol. The van der Waals surface area contributed by atoms with E-state index < -0.39 is 0 Å². The maximum atomic E-state index is 12.0. The lowest BCUT2D eigenvalue weighted by atomic mass is 9.94. The molecule has 0 saturated heterocycles. The Kier molecular flexibility index (Phi) is 7.23. The molecule has 4 nitrogen and oxygen atoms in total. The van der Waals surface area contributed by atoms with Gasteiger partial charge < -0.3 is 16.0 Å². The van der Waals surface area contributed by atoms with E-state index in [-0.39, 0.29) is 11.8 Å². The van der Waals surface area contributed by atoms with Gasteiger partial charge in [-0.05, 0) is 42.5 Å². The third kappa shape index (κ3) is 6.63. The van der Waals surface area contributed by atoms with Crippen LogP contribution < -0.4 is 16.0 Å². The molecule has 4 heteroatoms. The van der Waals surface area contributed by atoms with E-state index in [1.54, 1.807) is 0 Å². The quantitative estimate of drug-likeness (QED) is 0.773. The molecule has 1 aromatic carbocycles. The van der Waals surface area contributed by atoms with E-state index >= 15 is 0 Å². The van der Waals surface area contributed by atoms with E-state index in [9.17, 15) is 4.79 Å². The van der Waals surface area contributed by atoms with Crippen molar-refractivity contribution in [2.45, 2.75) is 33.2 Å². The maximum absolute atomic E-state index is 12.0. The molecule has 0 aliphatic rings. The van der Waals surface area contributed by atoms with E-state index in [0.717, 1.165) is 17.7 Å². The van der Waals surface area contributed by atoms with Gasteiger partial charge in [-0.15, -0.1) is 0 Å². The van der Waals surface area contributed by atoms with Crippen LogP contribution in [0.15, 0.2) is 24.3 Å². The molecule has 3 N–H and O–H groups in total. The fraction of sp³-hybridized carbons (Fsp3) is 0.588. The minimum atomic E-state index is 0.0859. The monoisotopic (exact) mass is 291 g/mol. The molecule has 1 rings (SSSR count). The zero-order valence-electron chi connectivity index (χ0n) is 13.7. The van der Waals surface area contributed by atoms with E-state index in [4.69, 9.17) is 5.73 Å². The highest BCUT2D eigenvalue weighted by atomic mass is 16.1. The summed E-state index contributed by atoms with van der Waals surface area (Å²) < 4.78 is 0. The summed E-state index contributed by atoms with van der Waals surface area (Å²) in [7, 11) is 4.02. The summed E-state index contributed by atoms with van der Waals surface area (Å²) in [5.41, 5.74) is 8.01. The number of benzene rings is 1. The van der Waals surface area contributed by atoms with Crippen LogP contribution >= 0.6 is 0 Å². The predicted octanol–water partition coefficient (Wildman–Crippen LogP) is 2.38. The Labute approximate surface area is 128 Å². The van der Waals surface area contributed by atoms with Crippen LogP contribution in [-0.4, -0.2) is 26.5 Å². The lowest BCUT2D eigenvalue weighted by molar-refractivity contribution is -0.122. The molecule has 118 valence electrons. The minimum Gasteiger partial charge on any atom is -0.378 e. The summed E-state index contributed by atoms with van der Waals surface area (Å²) in [6, 6.07) is 8.21. The second kappa shape index (κ2) is 8.67. The first kappa shape index (κ1) is 17.5. The molecule has 0 fully saturated rings. The number of amides is 1. The third-order valence-corrected chi connectivity index (χ3v) is 3.55. The number of nitrogens with two attached hydrogens (primary N) is 1. The van der Waals surface area contributed by atoms with Crippen LogP contribution in [-0.2, 0) is 11.3 Å². The van der Waals surface area contributed by atoms with Crippen molar-refractivity contribution >= 4 is 11.6 Å². The topological polar surface area (TPSA) is 58.4 Å². The molecule has 0 radical (unpaired) electrons. The zero-order chi connectivity index (χ0) is 15.8. The number of rotatable bonds is 8. The van der Waals surface area contributed by atoms with Gasteiger partial charge in [0.25, 0.3) is 0 Å². The molecule has 0 spiro atoms. The number of nitrogens with one attached hydrogen (secondary N) is 1. The minimum absolute atomic E-state index is 0.0859. The molecule has 1 amide bonds. The van der Waals surface area contributed by atoms with Gasteiger partial charge in [-0.3, -0.25) is 4.79 Å². The number of carbonyl (C=O) groups is 1. The van der Waals surface area contributed by atoms with Crippen LogP contribution in [0.2, 0.25) is 0 Å². The van der Waals surface area contributed by atoms with Gasteiger partial charge in [-0.25, -0.2) is 0 Å². The van der Waals surface area contributed by atoms with Crippen LogP contribution in [0.3, 0.4) is 0 Å². The molecule has 0 heterocycles. The number of hydrogen-bond donors (Lipinski definition) is 2. The van der Waals surface area contributed by atoms with Gasteiger partial charge in [0, 0.05) is 32.7 Å². The van der Waals surface area contributed by atoms with Gasteiger partial charge in [-0.2, -0.15) is 0 Å². The van der Waals surface area contributed by atoms with E-state index in [1.807, 2.05) is 26.2 Å². The van der Waals surface area contributed by atoms with Crippen molar-refractivity contribution in [1.82, 2.24) is 5.32 Å². The molecule has 1 aromatic rings. The first-order valence-corrected chi connectivity index (χ1v) is 7.65. The number of nitrogens with zero attached hydrogens (tertiary/aromatic N) is 1. The average molecular weight is 291 g/mol. The lowest BCUT2D eigenvalue weighted by Crippen LogP contribution is -2.28. The van der Waals surface area contributed by atoms with Crippen molar-refractivity contribution in [1.29, 1.82) is 0 Å². The number of hydrogen-bond acceptors (Lipinski definition) is 3. The van der Waals surface area contributed by atoms with Crippen molar-refractivity contribution in [3.63, 3.8) is 0 Å². The van der Waals surface area contributed by atoms with Gasteiger partial charge in [0.1, 0.15) is 0 Å². The van der Waals surface area contributed by atoms with E-state index in [2.05, 4.69) is 36.2 Å². The fourth-order valence-electron chi connectivity index (χ4n) is 2.38. The molecule has 0 aliphatic heterocycles. The molecule has 0 saturated carbocycles. The maximum Gasteiger partial charge on any atom is 0.220 e. The number of carbonyl (C=O) groups excluding carboxylic acids is 1. The predicted molar refractivity (Wildman–Crippen MR) is 89.2 cm³/mol. The van der Waals surface area contributed by atoms with E-state index in [0.29, 0.717) is 25.4 Å². The summed E-state index contributed by atoms with van der Waals surface area (Å²) in [4.78, 5) is 14.0. The van der Waals surface area contributed by atoms with Gasteiger partial charge in [-0.1, -0.05) is 26.0 Å². The van der Waals surface area contributed by atoms with Crippen molar-refractivity contribution in [2.75, 3.05) is 25.5 Å². The highest BCUT2D eigenvalue weighted by Gasteiger charge is 2.13. The number of anilines is 1. The summed E-state index contributed by atoms with van der Waals surface area (Å²) in [6.45, 7) is 5.47. The second-order valence-electron chi connectivity index (χ2n) is 6.27. The first-order chi connectivity index (χ1) is 9.92. The van der Waals surface area contributed by atoms with Crippen molar-refractivity contribution in [3.8, 4) is 0 Å². The summed E-state index contributed by atoms with van der Waals surface area (Å²) in [5.74, 6) is 0.939. The van der Waals surface area contributed by atoms with Gasteiger partial charge >= 0.3 is 0 Å². The molecule has 1 unspecified atom stereocenters. The molecule has 0 bridgehead atoms. The lowest BCUT2D eigenvalue weighted by Gasteiger charge is -2.17. The molecule has 0 aromatic heterocycles. The summed E-state index contributed by atoms with van der Waals surface area (Å²) in [6.07, 6.45) is 1.52. The Balaban J connectivity index is 2.41. The van der Waals surface area contributed by atoms with Gasteiger partial charge in [0.05, 0.1) is 0 Å². The Morgan fingerprint density at radius 3 is 2.33 bits per heavy atom. The fourth-order valence-corrected chi connectivity index (χ4v) is 2.38. The van der Waals surface area contributed by atoms with E-state index in [1.165, 1.54) is 0 Å². The van der Waals surface area contributed by atoms with Crippen LogP contribution in [0, 0.1) is 11.8 Å². The van der Waals surface area contributed by atoms with Crippen molar-refractivity contribution in [3.05, 3.63) is 29.8 Å². The Morgan fingerprint density at radius 1 is 1.24 bits per heavy atom.